The minimum Gasteiger partial charge on any atom is -0.481 e. The van der Waals surface area contributed by atoms with Gasteiger partial charge in [0.1, 0.15) is 0 Å². The summed E-state index contributed by atoms with van der Waals surface area (Å²) in [6, 6.07) is 10.8. The number of carboxylic acid groups (broad SMARTS) is 1. The standard InChI is InChI=1S/C19H25NO4/c21-18(22)16-10-15-11-19(23-8-9-24-19)7-6-17(15)20(13-16)12-14-4-2-1-3-5-14/h1-5,15-17H,6-13H2,(H,21,22). The van der Waals surface area contributed by atoms with Gasteiger partial charge in [0.05, 0.1) is 19.1 Å². The predicted octanol–water partition coefficient (Wildman–Crippen LogP) is 2.50. The number of benzene rings is 1. The van der Waals surface area contributed by atoms with E-state index in [0.717, 1.165) is 32.2 Å². The Morgan fingerprint density at radius 2 is 2.00 bits per heavy atom. The van der Waals surface area contributed by atoms with Crippen molar-refractivity contribution in [3.8, 4) is 0 Å². The SMILES string of the molecule is O=C(O)C1CC2CC3(CCC2N(Cc2ccccc2)C1)OCCO3. The highest BCUT2D eigenvalue weighted by atomic mass is 16.7. The lowest BCUT2D eigenvalue weighted by Crippen LogP contribution is -2.55. The van der Waals surface area contributed by atoms with Crippen molar-refractivity contribution in [3.05, 3.63) is 35.9 Å². The van der Waals surface area contributed by atoms with Crippen molar-refractivity contribution in [1.82, 2.24) is 4.90 Å². The first-order valence-corrected chi connectivity index (χ1v) is 8.94. The maximum absolute atomic E-state index is 11.7. The highest BCUT2D eigenvalue weighted by Crippen LogP contribution is 2.45. The van der Waals surface area contributed by atoms with Gasteiger partial charge in [-0.1, -0.05) is 30.3 Å². The molecule has 1 aromatic rings. The number of nitrogens with zero attached hydrogens (tertiary/aromatic N) is 1. The Hall–Kier alpha value is -1.43. The smallest absolute Gasteiger partial charge is 0.307 e. The summed E-state index contributed by atoms with van der Waals surface area (Å²) in [7, 11) is 0. The third kappa shape index (κ3) is 3.08. The molecule has 2 aliphatic heterocycles. The van der Waals surface area contributed by atoms with Crippen LogP contribution in [0.5, 0.6) is 0 Å². The van der Waals surface area contributed by atoms with E-state index in [-0.39, 0.29) is 5.92 Å². The molecule has 24 heavy (non-hydrogen) atoms. The first-order chi connectivity index (χ1) is 11.7. The molecule has 3 unspecified atom stereocenters. The van der Waals surface area contributed by atoms with Crippen molar-refractivity contribution in [3.63, 3.8) is 0 Å². The number of hydrogen-bond acceptors (Lipinski definition) is 4. The predicted molar refractivity (Wildman–Crippen MR) is 88.4 cm³/mol. The number of likely N-dealkylation sites (tertiary alicyclic amines) is 1. The number of hydrogen-bond donors (Lipinski definition) is 1. The summed E-state index contributed by atoms with van der Waals surface area (Å²) < 4.78 is 11.8. The van der Waals surface area contributed by atoms with Crippen LogP contribution in [-0.4, -0.2) is 47.6 Å². The number of fused-ring (bicyclic) bond motifs is 1. The maximum Gasteiger partial charge on any atom is 0.307 e. The second-order valence-electron chi connectivity index (χ2n) is 7.36. The van der Waals surface area contributed by atoms with Gasteiger partial charge in [0.2, 0.25) is 0 Å². The Morgan fingerprint density at radius 1 is 1.25 bits per heavy atom. The number of ether oxygens (including phenoxy) is 2. The number of aliphatic carboxylic acids is 1. The van der Waals surface area contributed by atoms with E-state index >= 15 is 0 Å². The summed E-state index contributed by atoms with van der Waals surface area (Å²) in [5, 5.41) is 9.58. The van der Waals surface area contributed by atoms with Crippen LogP contribution in [0.1, 0.15) is 31.2 Å². The first kappa shape index (κ1) is 16.1. The quantitative estimate of drug-likeness (QED) is 0.922. The Labute approximate surface area is 142 Å². The Kier molecular flexibility index (Phi) is 4.33. The molecular weight excluding hydrogens is 306 g/mol. The number of piperidine rings is 1. The molecule has 1 spiro atoms. The zero-order valence-corrected chi connectivity index (χ0v) is 13.9. The van der Waals surface area contributed by atoms with Crippen LogP contribution >= 0.6 is 0 Å². The lowest BCUT2D eigenvalue weighted by molar-refractivity contribution is -0.205. The average Bonchev–Trinajstić information content (AvgIpc) is 3.03. The minimum atomic E-state index is -0.681. The summed E-state index contributed by atoms with van der Waals surface area (Å²) >= 11 is 0. The van der Waals surface area contributed by atoms with Crippen molar-refractivity contribution in [2.45, 2.75) is 44.1 Å². The molecule has 0 aromatic heterocycles. The van der Waals surface area contributed by atoms with Crippen LogP contribution in [-0.2, 0) is 20.8 Å². The number of carbonyl (C=O) groups is 1. The van der Waals surface area contributed by atoms with Crippen LogP contribution in [0, 0.1) is 11.8 Å². The number of rotatable bonds is 3. The summed E-state index contributed by atoms with van der Waals surface area (Å²) in [6.07, 6.45) is 3.49. The van der Waals surface area contributed by atoms with Gasteiger partial charge in [-0.2, -0.15) is 0 Å². The molecule has 5 nitrogen and oxygen atoms in total. The van der Waals surface area contributed by atoms with E-state index in [1.54, 1.807) is 0 Å². The van der Waals surface area contributed by atoms with Crippen LogP contribution < -0.4 is 0 Å². The van der Waals surface area contributed by atoms with Crippen LogP contribution in [0.3, 0.4) is 0 Å². The molecule has 0 amide bonds. The van der Waals surface area contributed by atoms with Gasteiger partial charge in [0.25, 0.3) is 0 Å². The zero-order valence-electron chi connectivity index (χ0n) is 13.9. The van der Waals surface area contributed by atoms with Crippen molar-refractivity contribution in [2.24, 2.45) is 11.8 Å². The van der Waals surface area contributed by atoms with Gasteiger partial charge in [-0.3, -0.25) is 9.69 Å². The Morgan fingerprint density at radius 3 is 2.71 bits per heavy atom. The normalized spacial score (nSPS) is 32.6. The fourth-order valence-electron chi connectivity index (χ4n) is 4.76. The van der Waals surface area contributed by atoms with Gasteiger partial charge in [0.15, 0.2) is 5.79 Å². The highest BCUT2D eigenvalue weighted by molar-refractivity contribution is 5.70. The van der Waals surface area contributed by atoms with Crippen molar-refractivity contribution >= 4 is 5.97 Å². The van der Waals surface area contributed by atoms with E-state index in [9.17, 15) is 9.90 Å². The monoisotopic (exact) mass is 331 g/mol. The molecular formula is C19H25NO4. The summed E-state index contributed by atoms with van der Waals surface area (Å²) in [5.41, 5.74) is 1.25. The summed E-state index contributed by atoms with van der Waals surface area (Å²) in [4.78, 5) is 14.0. The van der Waals surface area contributed by atoms with Crippen LogP contribution in [0.2, 0.25) is 0 Å². The van der Waals surface area contributed by atoms with Crippen LogP contribution in [0.25, 0.3) is 0 Å². The fourth-order valence-corrected chi connectivity index (χ4v) is 4.76. The van der Waals surface area contributed by atoms with Crippen molar-refractivity contribution in [2.75, 3.05) is 19.8 Å². The summed E-state index contributed by atoms with van der Waals surface area (Å²) in [6.45, 7) is 2.78. The summed E-state index contributed by atoms with van der Waals surface area (Å²) in [5.74, 6) is -1.10. The van der Waals surface area contributed by atoms with Gasteiger partial charge in [-0.25, -0.2) is 0 Å². The Balaban J connectivity index is 1.53. The molecule has 1 aliphatic carbocycles. The second-order valence-corrected chi connectivity index (χ2v) is 7.36. The molecule has 130 valence electrons. The van der Waals surface area contributed by atoms with Gasteiger partial charge in [0, 0.05) is 32.0 Å². The number of carboxylic acids is 1. The Bertz CT molecular complexity index is 584. The molecule has 3 atom stereocenters. The van der Waals surface area contributed by atoms with E-state index in [4.69, 9.17) is 9.47 Å². The molecule has 0 radical (unpaired) electrons. The molecule has 4 rings (SSSR count). The first-order valence-electron chi connectivity index (χ1n) is 8.94. The third-order valence-electron chi connectivity index (χ3n) is 5.84. The molecule has 1 saturated carbocycles. The molecule has 2 saturated heterocycles. The van der Waals surface area contributed by atoms with Gasteiger partial charge in [-0.05, 0) is 24.3 Å². The largest absolute Gasteiger partial charge is 0.481 e. The molecule has 1 aromatic carbocycles. The van der Waals surface area contributed by atoms with Gasteiger partial charge in [-0.15, -0.1) is 0 Å². The lowest BCUT2D eigenvalue weighted by Gasteiger charge is -2.50. The van der Waals surface area contributed by atoms with Gasteiger partial charge < -0.3 is 14.6 Å². The zero-order chi connectivity index (χ0) is 16.6. The maximum atomic E-state index is 11.7. The van der Waals surface area contributed by atoms with Crippen molar-refractivity contribution < 1.29 is 19.4 Å². The third-order valence-corrected chi connectivity index (χ3v) is 5.84. The molecule has 3 aliphatic rings. The van der Waals surface area contributed by atoms with E-state index in [1.807, 2.05) is 18.2 Å². The highest BCUT2D eigenvalue weighted by Gasteiger charge is 2.49. The topological polar surface area (TPSA) is 59.0 Å². The second kappa shape index (κ2) is 6.47. The van der Waals surface area contributed by atoms with Crippen LogP contribution in [0.4, 0.5) is 0 Å². The fraction of sp³-hybridized carbons (Fsp3) is 0.632. The van der Waals surface area contributed by atoms with E-state index < -0.39 is 11.8 Å². The molecule has 0 bridgehead atoms. The van der Waals surface area contributed by atoms with Gasteiger partial charge >= 0.3 is 5.97 Å². The minimum absolute atomic E-state index is 0.300. The van der Waals surface area contributed by atoms with E-state index in [0.29, 0.717) is 31.7 Å². The lowest BCUT2D eigenvalue weighted by atomic mass is 9.72. The molecule has 3 fully saturated rings. The molecule has 2 heterocycles. The van der Waals surface area contributed by atoms with Crippen molar-refractivity contribution in [1.29, 1.82) is 0 Å². The molecule has 5 heteroatoms. The van der Waals surface area contributed by atoms with E-state index in [2.05, 4.69) is 17.0 Å². The average molecular weight is 331 g/mol. The van der Waals surface area contributed by atoms with Crippen LogP contribution in [0.15, 0.2) is 30.3 Å². The van der Waals surface area contributed by atoms with E-state index in [1.165, 1.54) is 5.56 Å². The molecule has 1 N–H and O–H groups in total.